The van der Waals surface area contributed by atoms with Crippen molar-refractivity contribution in [3.63, 3.8) is 0 Å². The molecule has 1 aromatic heterocycles. The van der Waals surface area contributed by atoms with Crippen LogP contribution in [0.2, 0.25) is 0 Å². The summed E-state index contributed by atoms with van der Waals surface area (Å²) < 4.78 is 1.80. The summed E-state index contributed by atoms with van der Waals surface area (Å²) >= 11 is 3.34. The first-order valence-electron chi connectivity index (χ1n) is 6.59. The van der Waals surface area contributed by atoms with Gasteiger partial charge in [0, 0.05) is 34.2 Å². The molecule has 0 aromatic carbocycles. The van der Waals surface area contributed by atoms with E-state index < -0.39 is 0 Å². The fourth-order valence-electron chi connectivity index (χ4n) is 2.49. The fraction of sp³-hybridized carbons (Fsp3) is 0.615. The summed E-state index contributed by atoms with van der Waals surface area (Å²) in [7, 11) is 5.17. The van der Waals surface area contributed by atoms with Crippen LogP contribution in [0.15, 0.2) is 15.5 Å². The molecule has 2 rings (SSSR count). The van der Waals surface area contributed by atoms with Crippen molar-refractivity contribution >= 4 is 27.5 Å². The molecule has 20 heavy (non-hydrogen) atoms. The highest BCUT2D eigenvalue weighted by atomic mass is 79.9. The second-order valence-electron chi connectivity index (χ2n) is 5.29. The number of rotatable bonds is 2. The summed E-state index contributed by atoms with van der Waals surface area (Å²) in [5.41, 5.74) is 0.605. The van der Waals surface area contributed by atoms with E-state index in [1.165, 1.54) is 4.68 Å². The van der Waals surface area contributed by atoms with E-state index in [0.717, 1.165) is 25.1 Å². The molecule has 0 aliphatic carbocycles. The van der Waals surface area contributed by atoms with Gasteiger partial charge < -0.3 is 9.80 Å². The minimum atomic E-state index is -0.163. The third-order valence-corrected chi connectivity index (χ3v) is 4.36. The van der Waals surface area contributed by atoms with Gasteiger partial charge in [-0.25, -0.2) is 4.68 Å². The zero-order valence-electron chi connectivity index (χ0n) is 12.0. The molecular weight excluding hydrogens is 324 g/mol. The van der Waals surface area contributed by atoms with Gasteiger partial charge in [-0.2, -0.15) is 5.10 Å². The molecule has 0 radical (unpaired) electrons. The maximum Gasteiger partial charge on any atom is 0.282 e. The molecule has 1 amide bonds. The number of carbonyl (C=O) groups is 1. The van der Waals surface area contributed by atoms with Gasteiger partial charge in [-0.15, -0.1) is 0 Å². The summed E-state index contributed by atoms with van der Waals surface area (Å²) in [6.45, 7) is 1.47. The van der Waals surface area contributed by atoms with E-state index in [0.29, 0.717) is 11.0 Å². The number of anilines is 1. The number of amides is 1. The molecule has 2 heterocycles. The zero-order valence-corrected chi connectivity index (χ0v) is 13.6. The van der Waals surface area contributed by atoms with Gasteiger partial charge in [0.1, 0.15) is 4.47 Å². The molecule has 6 nitrogen and oxygen atoms in total. The molecule has 1 aromatic rings. The monoisotopic (exact) mass is 342 g/mol. The summed E-state index contributed by atoms with van der Waals surface area (Å²) in [6.07, 6.45) is 3.50. The van der Waals surface area contributed by atoms with Crippen molar-refractivity contribution < 1.29 is 4.79 Å². The van der Waals surface area contributed by atoms with Crippen LogP contribution in [-0.4, -0.2) is 47.8 Å². The standard InChI is InChI=1S/C13H19BrN4O2/c1-16(2)12(19)9-5-4-6-18(8-9)10-7-15-17(3)13(20)11(10)14/h7,9H,4-6,8H2,1-3H3. The predicted molar refractivity (Wildman–Crippen MR) is 80.8 cm³/mol. The average molecular weight is 343 g/mol. The quantitative estimate of drug-likeness (QED) is 0.799. The number of nitrogens with zero attached hydrogens (tertiary/aromatic N) is 4. The second kappa shape index (κ2) is 5.95. The average Bonchev–Trinajstić information content (AvgIpc) is 2.44. The van der Waals surface area contributed by atoms with Crippen LogP contribution in [0.4, 0.5) is 5.69 Å². The Balaban J connectivity index is 2.24. The normalized spacial score (nSPS) is 19.0. The van der Waals surface area contributed by atoms with Crippen molar-refractivity contribution in [1.82, 2.24) is 14.7 Å². The topological polar surface area (TPSA) is 58.4 Å². The first kappa shape index (κ1) is 15.0. The van der Waals surface area contributed by atoms with Gasteiger partial charge in [0.15, 0.2) is 0 Å². The van der Waals surface area contributed by atoms with Crippen LogP contribution in [0.3, 0.4) is 0 Å². The van der Waals surface area contributed by atoms with E-state index in [1.54, 1.807) is 32.2 Å². The highest BCUT2D eigenvalue weighted by molar-refractivity contribution is 9.10. The van der Waals surface area contributed by atoms with Crippen molar-refractivity contribution in [2.24, 2.45) is 13.0 Å². The number of carbonyl (C=O) groups excluding carboxylic acids is 1. The number of piperidine rings is 1. The zero-order chi connectivity index (χ0) is 14.9. The first-order chi connectivity index (χ1) is 9.41. The van der Waals surface area contributed by atoms with E-state index in [2.05, 4.69) is 25.9 Å². The third-order valence-electron chi connectivity index (χ3n) is 3.61. The van der Waals surface area contributed by atoms with Crippen LogP contribution in [0.1, 0.15) is 12.8 Å². The number of hydrogen-bond acceptors (Lipinski definition) is 4. The predicted octanol–water partition coefficient (Wildman–Crippen LogP) is 0.847. The minimum absolute atomic E-state index is 0.0188. The Kier molecular flexibility index (Phi) is 4.47. The van der Waals surface area contributed by atoms with Crippen molar-refractivity contribution in [1.29, 1.82) is 0 Å². The molecule has 1 saturated heterocycles. The molecule has 1 fully saturated rings. The van der Waals surface area contributed by atoms with Crippen LogP contribution < -0.4 is 10.5 Å². The van der Waals surface area contributed by atoms with Crippen molar-refractivity contribution in [2.75, 3.05) is 32.1 Å². The summed E-state index contributed by atoms with van der Waals surface area (Å²) in [4.78, 5) is 27.7. The number of halogens is 1. The maximum absolute atomic E-state index is 12.1. The van der Waals surface area contributed by atoms with E-state index in [4.69, 9.17) is 0 Å². The van der Waals surface area contributed by atoms with Crippen LogP contribution in [-0.2, 0) is 11.8 Å². The number of hydrogen-bond donors (Lipinski definition) is 0. The lowest BCUT2D eigenvalue weighted by Gasteiger charge is -2.34. The molecular formula is C13H19BrN4O2. The lowest BCUT2D eigenvalue weighted by Crippen LogP contribution is -2.43. The Labute approximate surface area is 126 Å². The van der Waals surface area contributed by atoms with Crippen LogP contribution in [0.5, 0.6) is 0 Å². The molecule has 0 N–H and O–H groups in total. The Morgan fingerprint density at radius 3 is 2.85 bits per heavy atom. The molecule has 110 valence electrons. The smallest absolute Gasteiger partial charge is 0.282 e. The Bertz CT molecular complexity index is 570. The molecule has 0 bridgehead atoms. The van der Waals surface area contributed by atoms with Gasteiger partial charge >= 0.3 is 0 Å². The lowest BCUT2D eigenvalue weighted by atomic mass is 9.96. The molecule has 1 aliphatic heterocycles. The third kappa shape index (κ3) is 2.87. The van der Waals surface area contributed by atoms with Crippen LogP contribution in [0, 0.1) is 5.92 Å². The SMILES string of the molecule is CN(C)C(=O)C1CCCN(c2cnn(C)c(=O)c2Br)C1. The van der Waals surface area contributed by atoms with Gasteiger partial charge in [0.25, 0.3) is 5.56 Å². The number of aryl methyl sites for hydroxylation is 1. The van der Waals surface area contributed by atoms with E-state index in [-0.39, 0.29) is 17.4 Å². The summed E-state index contributed by atoms with van der Waals surface area (Å²) in [6, 6.07) is 0. The molecule has 0 saturated carbocycles. The van der Waals surface area contributed by atoms with Crippen LogP contribution in [0.25, 0.3) is 0 Å². The molecule has 7 heteroatoms. The van der Waals surface area contributed by atoms with Gasteiger partial charge in [-0.3, -0.25) is 9.59 Å². The highest BCUT2D eigenvalue weighted by Crippen LogP contribution is 2.27. The van der Waals surface area contributed by atoms with E-state index >= 15 is 0 Å². The maximum atomic E-state index is 12.1. The Morgan fingerprint density at radius 1 is 1.50 bits per heavy atom. The van der Waals surface area contributed by atoms with E-state index in [9.17, 15) is 9.59 Å². The molecule has 1 aliphatic rings. The van der Waals surface area contributed by atoms with Gasteiger partial charge in [-0.1, -0.05) is 0 Å². The highest BCUT2D eigenvalue weighted by Gasteiger charge is 2.28. The first-order valence-corrected chi connectivity index (χ1v) is 7.39. The van der Waals surface area contributed by atoms with E-state index in [1.807, 2.05) is 0 Å². The van der Waals surface area contributed by atoms with Crippen molar-refractivity contribution in [3.05, 3.63) is 21.0 Å². The largest absolute Gasteiger partial charge is 0.368 e. The van der Waals surface area contributed by atoms with Crippen LogP contribution >= 0.6 is 15.9 Å². The van der Waals surface area contributed by atoms with Crippen molar-refractivity contribution in [2.45, 2.75) is 12.8 Å². The second-order valence-corrected chi connectivity index (χ2v) is 6.08. The Morgan fingerprint density at radius 2 is 2.20 bits per heavy atom. The molecule has 0 spiro atoms. The van der Waals surface area contributed by atoms with Gasteiger partial charge in [-0.05, 0) is 28.8 Å². The van der Waals surface area contributed by atoms with Gasteiger partial charge in [0.2, 0.25) is 5.91 Å². The molecule has 1 atom stereocenters. The Hall–Kier alpha value is -1.37. The lowest BCUT2D eigenvalue weighted by molar-refractivity contribution is -0.133. The fourth-order valence-corrected chi connectivity index (χ4v) is 3.09. The summed E-state index contributed by atoms with van der Waals surface area (Å²) in [5, 5.41) is 4.06. The van der Waals surface area contributed by atoms with Crippen molar-refractivity contribution in [3.8, 4) is 0 Å². The number of aromatic nitrogens is 2. The minimum Gasteiger partial charge on any atom is -0.368 e. The van der Waals surface area contributed by atoms with Gasteiger partial charge in [0.05, 0.1) is 17.8 Å². The summed E-state index contributed by atoms with van der Waals surface area (Å²) in [5.74, 6) is 0.123. The molecule has 1 unspecified atom stereocenters.